The number of hydrogen-bond acceptors (Lipinski definition) is 1. The summed E-state index contributed by atoms with van der Waals surface area (Å²) >= 11 is 0. The summed E-state index contributed by atoms with van der Waals surface area (Å²) in [4.78, 5) is 10.2. The van der Waals surface area contributed by atoms with Crippen LogP contribution in [0.1, 0.15) is 5.56 Å². The van der Waals surface area contributed by atoms with E-state index in [9.17, 15) is 9.18 Å². The highest BCUT2D eigenvalue weighted by atomic mass is 19.1. The van der Waals surface area contributed by atoms with Crippen molar-refractivity contribution in [2.24, 2.45) is 0 Å². The van der Waals surface area contributed by atoms with Crippen molar-refractivity contribution in [1.29, 1.82) is 0 Å². The van der Waals surface area contributed by atoms with Gasteiger partial charge in [-0.2, -0.15) is 0 Å². The molecule has 0 saturated carbocycles. The van der Waals surface area contributed by atoms with Crippen molar-refractivity contribution in [2.75, 3.05) is 5.32 Å². The van der Waals surface area contributed by atoms with E-state index in [2.05, 4.69) is 6.58 Å². The highest BCUT2D eigenvalue weighted by Gasteiger charge is 2.02. The fourth-order valence-corrected chi connectivity index (χ4v) is 0.894. The SMILES string of the molecule is C=Cc1ccc(NC(=O)O)cc1F. The van der Waals surface area contributed by atoms with E-state index in [1.54, 1.807) is 0 Å². The lowest BCUT2D eigenvalue weighted by atomic mass is 10.2. The number of carboxylic acid groups (broad SMARTS) is 1. The summed E-state index contributed by atoms with van der Waals surface area (Å²) in [6.07, 6.45) is 0.144. The maximum absolute atomic E-state index is 13.0. The Labute approximate surface area is 74.5 Å². The zero-order chi connectivity index (χ0) is 9.84. The third-order valence-corrected chi connectivity index (χ3v) is 1.47. The summed E-state index contributed by atoms with van der Waals surface area (Å²) in [6, 6.07) is 4.02. The van der Waals surface area contributed by atoms with Gasteiger partial charge in [-0.15, -0.1) is 0 Å². The first-order valence-electron chi connectivity index (χ1n) is 3.55. The number of benzene rings is 1. The molecule has 0 radical (unpaired) electrons. The van der Waals surface area contributed by atoms with Crippen LogP contribution in [-0.4, -0.2) is 11.2 Å². The van der Waals surface area contributed by atoms with Crippen LogP contribution >= 0.6 is 0 Å². The van der Waals surface area contributed by atoms with Gasteiger partial charge in [0.1, 0.15) is 5.82 Å². The van der Waals surface area contributed by atoms with E-state index < -0.39 is 11.9 Å². The zero-order valence-electron chi connectivity index (χ0n) is 6.75. The van der Waals surface area contributed by atoms with Crippen LogP contribution in [0.4, 0.5) is 14.9 Å². The largest absolute Gasteiger partial charge is 0.465 e. The number of rotatable bonds is 2. The van der Waals surface area contributed by atoms with Gasteiger partial charge in [-0.05, 0) is 18.2 Å². The van der Waals surface area contributed by atoms with E-state index in [0.29, 0.717) is 5.56 Å². The summed E-state index contributed by atoms with van der Waals surface area (Å²) in [7, 11) is 0. The molecular formula is C9H8FNO2. The molecule has 0 atom stereocenters. The first kappa shape index (κ1) is 9.25. The molecular weight excluding hydrogens is 173 g/mol. The molecule has 0 bridgehead atoms. The second-order valence-corrected chi connectivity index (χ2v) is 2.37. The van der Waals surface area contributed by atoms with Crippen LogP contribution in [0.25, 0.3) is 6.08 Å². The first-order valence-corrected chi connectivity index (χ1v) is 3.55. The van der Waals surface area contributed by atoms with E-state index in [0.717, 1.165) is 6.07 Å². The minimum Gasteiger partial charge on any atom is -0.465 e. The molecule has 1 aromatic carbocycles. The monoisotopic (exact) mass is 181 g/mol. The van der Waals surface area contributed by atoms with E-state index >= 15 is 0 Å². The number of amides is 1. The van der Waals surface area contributed by atoms with Gasteiger partial charge in [-0.1, -0.05) is 12.7 Å². The van der Waals surface area contributed by atoms with Gasteiger partial charge in [0.15, 0.2) is 0 Å². The summed E-state index contributed by atoms with van der Waals surface area (Å²) < 4.78 is 13.0. The lowest BCUT2D eigenvalue weighted by molar-refractivity contribution is 0.210. The lowest BCUT2D eigenvalue weighted by Crippen LogP contribution is -2.07. The molecule has 0 saturated heterocycles. The van der Waals surface area contributed by atoms with Gasteiger partial charge in [-0.25, -0.2) is 9.18 Å². The second kappa shape index (κ2) is 3.71. The van der Waals surface area contributed by atoms with E-state index in [1.807, 2.05) is 5.32 Å². The number of nitrogens with one attached hydrogen (secondary N) is 1. The molecule has 0 aromatic heterocycles. The zero-order valence-corrected chi connectivity index (χ0v) is 6.75. The predicted molar refractivity (Wildman–Crippen MR) is 48.1 cm³/mol. The summed E-state index contributed by atoms with van der Waals surface area (Å²) in [5, 5.41) is 10.4. The number of hydrogen-bond donors (Lipinski definition) is 2. The third-order valence-electron chi connectivity index (χ3n) is 1.47. The van der Waals surface area contributed by atoms with Crippen LogP contribution in [0, 0.1) is 5.82 Å². The molecule has 3 nitrogen and oxygen atoms in total. The van der Waals surface area contributed by atoms with Gasteiger partial charge in [0.05, 0.1) is 0 Å². The Kier molecular flexibility index (Phi) is 2.64. The molecule has 0 heterocycles. The molecule has 0 unspecified atom stereocenters. The summed E-state index contributed by atoms with van der Waals surface area (Å²) in [6.45, 7) is 3.41. The Balaban J connectivity index is 2.95. The Bertz CT molecular complexity index is 349. The van der Waals surface area contributed by atoms with Crippen molar-refractivity contribution < 1.29 is 14.3 Å². The third kappa shape index (κ3) is 2.30. The Morgan fingerprint density at radius 1 is 1.62 bits per heavy atom. The van der Waals surface area contributed by atoms with Crippen LogP contribution in [0.15, 0.2) is 24.8 Å². The molecule has 0 fully saturated rings. The fraction of sp³-hybridized carbons (Fsp3) is 0. The average molecular weight is 181 g/mol. The second-order valence-electron chi connectivity index (χ2n) is 2.37. The number of anilines is 1. The van der Waals surface area contributed by atoms with Crippen LogP contribution < -0.4 is 5.32 Å². The maximum Gasteiger partial charge on any atom is 0.409 e. The smallest absolute Gasteiger partial charge is 0.409 e. The molecule has 1 amide bonds. The maximum atomic E-state index is 13.0. The standard InChI is InChI=1S/C9H8FNO2/c1-2-6-3-4-7(5-8(6)10)11-9(12)13/h2-5,11H,1H2,(H,12,13). The molecule has 0 aliphatic rings. The van der Waals surface area contributed by atoms with Crippen molar-refractivity contribution in [3.63, 3.8) is 0 Å². The quantitative estimate of drug-likeness (QED) is 0.736. The van der Waals surface area contributed by atoms with E-state index in [-0.39, 0.29) is 5.69 Å². The van der Waals surface area contributed by atoms with Gasteiger partial charge in [0.25, 0.3) is 0 Å². The predicted octanol–water partition coefficient (Wildman–Crippen LogP) is 2.56. The van der Waals surface area contributed by atoms with Crippen LogP contribution in [-0.2, 0) is 0 Å². The van der Waals surface area contributed by atoms with Crippen molar-refractivity contribution in [3.8, 4) is 0 Å². The molecule has 0 spiro atoms. The molecule has 1 rings (SSSR count). The van der Waals surface area contributed by atoms with Gasteiger partial charge in [0.2, 0.25) is 0 Å². The molecule has 0 aliphatic carbocycles. The summed E-state index contributed by atoms with van der Waals surface area (Å²) in [5.41, 5.74) is 0.548. The molecule has 68 valence electrons. The van der Waals surface area contributed by atoms with Crippen molar-refractivity contribution >= 4 is 17.9 Å². The Morgan fingerprint density at radius 3 is 2.77 bits per heavy atom. The van der Waals surface area contributed by atoms with Gasteiger partial charge < -0.3 is 5.11 Å². The first-order chi connectivity index (χ1) is 6.13. The van der Waals surface area contributed by atoms with E-state index in [1.165, 1.54) is 18.2 Å². The Hall–Kier alpha value is -1.84. The highest BCUT2D eigenvalue weighted by Crippen LogP contribution is 2.14. The molecule has 4 heteroatoms. The number of carbonyl (C=O) groups is 1. The minimum atomic E-state index is -1.22. The minimum absolute atomic E-state index is 0.204. The topological polar surface area (TPSA) is 49.3 Å². The van der Waals surface area contributed by atoms with Crippen LogP contribution in [0.3, 0.4) is 0 Å². The molecule has 2 N–H and O–H groups in total. The summed E-state index contributed by atoms with van der Waals surface area (Å²) in [5.74, 6) is -0.499. The van der Waals surface area contributed by atoms with Crippen LogP contribution in [0.5, 0.6) is 0 Å². The fourth-order valence-electron chi connectivity index (χ4n) is 0.894. The Morgan fingerprint density at radius 2 is 2.31 bits per heavy atom. The van der Waals surface area contributed by atoms with Crippen molar-refractivity contribution in [1.82, 2.24) is 0 Å². The van der Waals surface area contributed by atoms with Crippen molar-refractivity contribution in [2.45, 2.75) is 0 Å². The normalized spacial score (nSPS) is 9.31. The van der Waals surface area contributed by atoms with Gasteiger partial charge in [-0.3, -0.25) is 5.32 Å². The number of halogens is 1. The van der Waals surface area contributed by atoms with E-state index in [4.69, 9.17) is 5.11 Å². The van der Waals surface area contributed by atoms with Crippen molar-refractivity contribution in [3.05, 3.63) is 36.2 Å². The lowest BCUT2D eigenvalue weighted by Gasteiger charge is -2.01. The molecule has 1 aromatic rings. The van der Waals surface area contributed by atoms with Gasteiger partial charge in [0, 0.05) is 11.3 Å². The molecule has 13 heavy (non-hydrogen) atoms. The molecule has 0 aliphatic heterocycles. The average Bonchev–Trinajstić information content (AvgIpc) is 2.03. The highest BCUT2D eigenvalue weighted by molar-refractivity contribution is 5.83. The van der Waals surface area contributed by atoms with Gasteiger partial charge >= 0.3 is 6.09 Å². The van der Waals surface area contributed by atoms with Crippen LogP contribution in [0.2, 0.25) is 0 Å².